The van der Waals surface area contributed by atoms with E-state index in [1.807, 2.05) is 6.92 Å². The maximum absolute atomic E-state index is 11.5. The summed E-state index contributed by atoms with van der Waals surface area (Å²) in [6, 6.07) is 0. The van der Waals surface area contributed by atoms with E-state index < -0.39 is 0 Å². The van der Waals surface area contributed by atoms with Gasteiger partial charge in [-0.3, -0.25) is 9.63 Å². The van der Waals surface area contributed by atoms with Crippen molar-refractivity contribution in [3.05, 3.63) is 0 Å². The molecule has 2 saturated heterocycles. The molecule has 14 heavy (non-hydrogen) atoms. The van der Waals surface area contributed by atoms with Crippen molar-refractivity contribution >= 4 is 5.91 Å². The Hall–Kier alpha value is -0.650. The molecule has 0 aromatic heterocycles. The zero-order valence-electron chi connectivity index (χ0n) is 8.41. The predicted molar refractivity (Wildman–Crippen MR) is 49.5 cm³/mol. The van der Waals surface area contributed by atoms with Gasteiger partial charge in [0.1, 0.15) is 6.61 Å². The number of rotatable bonds is 3. The van der Waals surface area contributed by atoms with Gasteiger partial charge in [-0.1, -0.05) is 0 Å². The van der Waals surface area contributed by atoms with E-state index in [2.05, 4.69) is 5.32 Å². The maximum atomic E-state index is 11.5. The van der Waals surface area contributed by atoms with E-state index in [-0.39, 0.29) is 18.1 Å². The average molecular weight is 200 g/mol. The predicted octanol–water partition coefficient (Wildman–Crippen LogP) is -0.471. The molecule has 0 radical (unpaired) electrons. The van der Waals surface area contributed by atoms with Gasteiger partial charge in [0.15, 0.2) is 0 Å². The van der Waals surface area contributed by atoms with Crippen LogP contribution in [0.2, 0.25) is 0 Å². The van der Waals surface area contributed by atoms with Crippen LogP contribution in [0.25, 0.3) is 0 Å². The number of carbonyl (C=O) groups is 1. The Kier molecular flexibility index (Phi) is 2.71. The van der Waals surface area contributed by atoms with E-state index in [0.29, 0.717) is 13.2 Å². The first-order chi connectivity index (χ1) is 6.70. The molecule has 0 saturated carbocycles. The highest BCUT2D eigenvalue weighted by molar-refractivity contribution is 5.76. The minimum Gasteiger partial charge on any atom is -0.363 e. The van der Waals surface area contributed by atoms with Crippen molar-refractivity contribution in [2.75, 3.05) is 32.8 Å². The van der Waals surface area contributed by atoms with E-state index in [1.165, 1.54) is 5.06 Å². The zero-order valence-corrected chi connectivity index (χ0v) is 8.41. The van der Waals surface area contributed by atoms with E-state index in [9.17, 15) is 4.79 Å². The van der Waals surface area contributed by atoms with Gasteiger partial charge in [0.25, 0.3) is 5.91 Å². The molecular formula is C9H16N2O3. The lowest BCUT2D eigenvalue weighted by Gasteiger charge is -2.39. The molecule has 80 valence electrons. The summed E-state index contributed by atoms with van der Waals surface area (Å²) < 4.78 is 5.51. The molecule has 0 aliphatic carbocycles. The molecule has 0 aromatic carbocycles. The fourth-order valence-corrected chi connectivity index (χ4v) is 1.53. The van der Waals surface area contributed by atoms with Crippen LogP contribution >= 0.6 is 0 Å². The fourth-order valence-electron chi connectivity index (χ4n) is 1.53. The lowest BCUT2D eigenvalue weighted by Crippen LogP contribution is -2.59. The van der Waals surface area contributed by atoms with E-state index in [4.69, 9.17) is 9.57 Å². The summed E-state index contributed by atoms with van der Waals surface area (Å²) in [5, 5.41) is 4.51. The molecule has 0 spiro atoms. The molecule has 0 bridgehead atoms. The highest BCUT2D eigenvalue weighted by Crippen LogP contribution is 2.15. The third kappa shape index (κ3) is 2.05. The van der Waals surface area contributed by atoms with Crippen LogP contribution in [0.1, 0.15) is 13.3 Å². The van der Waals surface area contributed by atoms with Crippen molar-refractivity contribution in [1.82, 2.24) is 10.4 Å². The van der Waals surface area contributed by atoms with Gasteiger partial charge in [-0.05, 0) is 13.3 Å². The molecule has 2 aliphatic heterocycles. The number of nitrogens with one attached hydrogen (secondary N) is 1. The van der Waals surface area contributed by atoms with Gasteiger partial charge < -0.3 is 10.1 Å². The van der Waals surface area contributed by atoms with Gasteiger partial charge in [-0.2, -0.15) is 0 Å². The number of hydrogen-bond donors (Lipinski definition) is 1. The number of hydrogen-bond acceptors (Lipinski definition) is 4. The minimum absolute atomic E-state index is 0.0735. The standard InChI is InChI=1S/C9H16N2O3/c1-9(6-10-7-9)13-5-8(12)11-3-2-4-14-11/h10H,2-7H2,1H3. The number of hydroxylamine groups is 2. The highest BCUT2D eigenvalue weighted by Gasteiger charge is 2.33. The summed E-state index contributed by atoms with van der Waals surface area (Å²) in [5.41, 5.74) is -0.157. The second kappa shape index (κ2) is 3.84. The van der Waals surface area contributed by atoms with Crippen LogP contribution in [0.15, 0.2) is 0 Å². The molecule has 1 amide bonds. The normalized spacial score (nSPS) is 24.8. The number of amides is 1. The number of ether oxygens (including phenoxy) is 1. The third-order valence-corrected chi connectivity index (χ3v) is 2.57. The third-order valence-electron chi connectivity index (χ3n) is 2.57. The van der Waals surface area contributed by atoms with Crippen LogP contribution in [0, 0.1) is 0 Å². The van der Waals surface area contributed by atoms with Crippen LogP contribution in [0.3, 0.4) is 0 Å². The molecule has 5 heteroatoms. The van der Waals surface area contributed by atoms with Crippen molar-refractivity contribution in [2.45, 2.75) is 18.9 Å². The molecule has 2 rings (SSSR count). The van der Waals surface area contributed by atoms with Crippen molar-refractivity contribution < 1.29 is 14.4 Å². The van der Waals surface area contributed by atoms with Crippen LogP contribution in [0.5, 0.6) is 0 Å². The summed E-state index contributed by atoms with van der Waals surface area (Å²) in [4.78, 5) is 16.6. The van der Waals surface area contributed by atoms with Crippen molar-refractivity contribution in [2.24, 2.45) is 0 Å². The van der Waals surface area contributed by atoms with E-state index in [0.717, 1.165) is 19.5 Å². The molecule has 0 unspecified atom stereocenters. The van der Waals surface area contributed by atoms with E-state index in [1.54, 1.807) is 0 Å². The monoisotopic (exact) mass is 200 g/mol. The van der Waals surface area contributed by atoms with Crippen LogP contribution < -0.4 is 5.32 Å². The largest absolute Gasteiger partial charge is 0.363 e. The lowest BCUT2D eigenvalue weighted by molar-refractivity contribution is -0.180. The second-order valence-corrected chi connectivity index (χ2v) is 4.02. The fraction of sp³-hybridized carbons (Fsp3) is 0.889. The Labute approximate surface area is 83.3 Å². The van der Waals surface area contributed by atoms with Crippen LogP contribution in [-0.2, 0) is 14.4 Å². The first-order valence-corrected chi connectivity index (χ1v) is 4.98. The summed E-state index contributed by atoms with van der Waals surface area (Å²) in [5.74, 6) is -0.0735. The Morgan fingerprint density at radius 3 is 2.93 bits per heavy atom. The first-order valence-electron chi connectivity index (χ1n) is 4.98. The maximum Gasteiger partial charge on any atom is 0.272 e. The highest BCUT2D eigenvalue weighted by atomic mass is 16.7. The summed E-state index contributed by atoms with van der Waals surface area (Å²) in [6.45, 7) is 5.10. The molecule has 0 atom stereocenters. The van der Waals surface area contributed by atoms with Gasteiger partial charge >= 0.3 is 0 Å². The quantitative estimate of drug-likeness (QED) is 0.669. The molecule has 2 aliphatic rings. The molecule has 2 heterocycles. The van der Waals surface area contributed by atoms with Gasteiger partial charge in [0, 0.05) is 13.1 Å². The Balaban J connectivity index is 1.71. The topological polar surface area (TPSA) is 50.8 Å². The Morgan fingerprint density at radius 2 is 2.43 bits per heavy atom. The molecule has 0 aromatic rings. The molecular weight excluding hydrogens is 184 g/mol. The lowest BCUT2D eigenvalue weighted by atomic mass is 10.0. The van der Waals surface area contributed by atoms with E-state index >= 15 is 0 Å². The van der Waals surface area contributed by atoms with Crippen LogP contribution in [0.4, 0.5) is 0 Å². The Morgan fingerprint density at radius 1 is 1.64 bits per heavy atom. The number of carbonyl (C=O) groups excluding carboxylic acids is 1. The van der Waals surface area contributed by atoms with Gasteiger partial charge in [0.05, 0.1) is 18.8 Å². The Bertz CT molecular complexity index is 222. The summed E-state index contributed by atoms with van der Waals surface area (Å²) in [6.07, 6.45) is 0.921. The van der Waals surface area contributed by atoms with Crippen molar-refractivity contribution in [1.29, 1.82) is 0 Å². The zero-order chi connectivity index (χ0) is 10.0. The van der Waals surface area contributed by atoms with Crippen LogP contribution in [-0.4, -0.2) is 49.4 Å². The van der Waals surface area contributed by atoms with Gasteiger partial charge in [0.2, 0.25) is 0 Å². The second-order valence-electron chi connectivity index (χ2n) is 4.02. The molecule has 5 nitrogen and oxygen atoms in total. The van der Waals surface area contributed by atoms with Crippen molar-refractivity contribution in [3.8, 4) is 0 Å². The van der Waals surface area contributed by atoms with Gasteiger partial charge in [-0.25, -0.2) is 5.06 Å². The summed E-state index contributed by atoms with van der Waals surface area (Å²) in [7, 11) is 0. The van der Waals surface area contributed by atoms with Gasteiger partial charge in [-0.15, -0.1) is 0 Å². The number of nitrogens with zero attached hydrogens (tertiary/aromatic N) is 1. The first kappa shape index (κ1) is 9.89. The average Bonchev–Trinajstić information content (AvgIpc) is 2.63. The minimum atomic E-state index is -0.157. The van der Waals surface area contributed by atoms with Crippen molar-refractivity contribution in [3.63, 3.8) is 0 Å². The summed E-state index contributed by atoms with van der Waals surface area (Å²) >= 11 is 0. The SMILES string of the molecule is CC1(OCC(=O)N2CCCO2)CNC1. The smallest absolute Gasteiger partial charge is 0.272 e. The molecule has 1 N–H and O–H groups in total. The molecule has 2 fully saturated rings.